The van der Waals surface area contributed by atoms with Gasteiger partial charge >= 0.3 is 0 Å². The van der Waals surface area contributed by atoms with Gasteiger partial charge in [-0.25, -0.2) is 0 Å². The molecular weight excluding hydrogens is 619 g/mol. The maximum absolute atomic E-state index is 12.4. The molecule has 0 amide bonds. The zero-order valence-electron chi connectivity index (χ0n) is 29.9. The minimum absolute atomic E-state index is 0.102. The summed E-state index contributed by atoms with van der Waals surface area (Å²) in [7, 11) is 0. The molecule has 1 aliphatic heterocycles. The summed E-state index contributed by atoms with van der Waals surface area (Å²) >= 11 is 0. The number of benzene rings is 2. The van der Waals surface area contributed by atoms with E-state index in [1.165, 1.54) is 44.6 Å². The summed E-state index contributed by atoms with van der Waals surface area (Å²) in [5.74, 6) is 15.8. The number of nitrogens with zero attached hydrogens (tertiary/aromatic N) is 2. The Balaban J connectivity index is 0.889. The number of piperidine rings is 1. The van der Waals surface area contributed by atoms with Crippen LogP contribution in [0.15, 0.2) is 18.2 Å². The fraction of sp³-hybridized carbons (Fsp3) is 0.767. The van der Waals surface area contributed by atoms with Gasteiger partial charge in [0.05, 0.1) is 10.5 Å². The van der Waals surface area contributed by atoms with E-state index in [0.717, 1.165) is 107 Å². The van der Waals surface area contributed by atoms with E-state index in [2.05, 4.69) is 4.90 Å². The molecule has 2 aromatic rings. The van der Waals surface area contributed by atoms with E-state index < -0.39 is 0 Å². The van der Waals surface area contributed by atoms with Crippen LogP contribution in [-0.2, 0) is 6.54 Å². The Morgan fingerprint density at radius 1 is 0.580 bits per heavy atom. The number of hydrogen-bond donors (Lipinski definition) is 3. The second-order valence-electron chi connectivity index (χ2n) is 19.6. The van der Waals surface area contributed by atoms with Crippen LogP contribution in [0.5, 0.6) is 0 Å². The summed E-state index contributed by atoms with van der Waals surface area (Å²) in [6, 6.07) is 5.10. The number of nitrogens with two attached hydrogens (primary N) is 3. The van der Waals surface area contributed by atoms with Crippen LogP contribution < -0.4 is 17.2 Å². The highest BCUT2D eigenvalue weighted by Crippen LogP contribution is 2.73. The Hall–Kier alpha value is -2.54. The molecule has 0 aromatic heterocycles. The smallest absolute Gasteiger partial charge is 0.276 e. The SMILES string of the molecule is Nc1cc(N)c2c(N)cc([N+](=O)[O-])c(CN3CC4CCC5C6CCC7C8CCCC9CCCC(C%10CCC(C%11CCC(C3)C4C5%11)C6C7%10)C98)c2c1. The summed E-state index contributed by atoms with van der Waals surface area (Å²) in [6.45, 7) is 2.69. The molecule has 8 saturated carbocycles. The first-order valence-corrected chi connectivity index (χ1v) is 21.1. The van der Waals surface area contributed by atoms with Crippen LogP contribution in [0.25, 0.3) is 10.8 Å². The Labute approximate surface area is 298 Å². The second-order valence-corrected chi connectivity index (χ2v) is 19.6. The molecule has 9 aliphatic rings. The van der Waals surface area contributed by atoms with Crippen LogP contribution >= 0.6 is 0 Å². The quantitative estimate of drug-likeness (QED) is 0.170. The van der Waals surface area contributed by atoms with Crippen LogP contribution in [-0.4, -0.2) is 22.9 Å². The fourth-order valence-electron chi connectivity index (χ4n) is 17.5. The number of nitrogen functional groups attached to an aromatic ring is 3. The number of fused-ring (bicyclic) bond motifs is 5. The Morgan fingerprint density at radius 3 is 1.60 bits per heavy atom. The standard InChI is InChI=1S/C43H59N5O2/c44-24-15-33-34(37(48(49)50)17-36(46)43(33)35(45)16-24)20-47-18-22-7-9-27-31-13-11-29-25-5-1-3-21-4-2-6-26(39(21)25)30-12-14-32(42(31)41(29)30)28-10-8-23(19-47)38(22)40(27)28/h15-17,21-23,25-32,38-42H,1-14,18-20,44-46H2. The number of anilines is 3. The predicted octanol–water partition coefficient (Wildman–Crippen LogP) is 8.74. The van der Waals surface area contributed by atoms with Gasteiger partial charge in [-0.05, 0) is 176 Å². The van der Waals surface area contributed by atoms with Crippen LogP contribution in [0.4, 0.5) is 22.7 Å². The highest BCUT2D eigenvalue weighted by atomic mass is 16.6. The molecule has 0 radical (unpaired) electrons. The lowest BCUT2D eigenvalue weighted by Gasteiger charge is -2.71. The molecule has 50 heavy (non-hydrogen) atoms. The van der Waals surface area contributed by atoms with Gasteiger partial charge in [0.2, 0.25) is 0 Å². The molecule has 268 valence electrons. The molecule has 7 nitrogen and oxygen atoms in total. The third-order valence-electron chi connectivity index (χ3n) is 18.3. The summed E-state index contributed by atoms with van der Waals surface area (Å²) in [4.78, 5) is 14.7. The van der Waals surface area contributed by atoms with Gasteiger partial charge in [0.15, 0.2) is 0 Å². The number of likely N-dealkylation sites (tertiary alicyclic amines) is 1. The summed E-state index contributed by atoms with van der Waals surface area (Å²) < 4.78 is 0. The first-order chi connectivity index (χ1) is 24.4. The Bertz CT molecular complexity index is 1670. The summed E-state index contributed by atoms with van der Waals surface area (Å²) in [5, 5.41) is 13.9. The Kier molecular flexibility index (Phi) is 6.97. The van der Waals surface area contributed by atoms with Gasteiger partial charge in [0, 0.05) is 48.1 Å². The van der Waals surface area contributed by atoms with E-state index in [1.807, 2.05) is 6.07 Å². The topological polar surface area (TPSA) is 124 Å². The van der Waals surface area contributed by atoms with E-state index in [-0.39, 0.29) is 10.6 Å². The van der Waals surface area contributed by atoms with E-state index in [0.29, 0.717) is 40.8 Å². The lowest BCUT2D eigenvalue weighted by Crippen LogP contribution is -2.66. The van der Waals surface area contributed by atoms with Crippen molar-refractivity contribution in [1.29, 1.82) is 0 Å². The number of rotatable bonds is 3. The molecule has 10 unspecified atom stereocenters. The molecule has 6 N–H and O–H groups in total. The molecule has 9 fully saturated rings. The van der Waals surface area contributed by atoms with Gasteiger partial charge in [-0.15, -0.1) is 0 Å². The molecule has 2 aromatic carbocycles. The lowest BCUT2D eigenvalue weighted by atomic mass is 9.34. The van der Waals surface area contributed by atoms with Gasteiger partial charge in [-0.2, -0.15) is 0 Å². The number of hydrogen-bond acceptors (Lipinski definition) is 6. The molecule has 7 heteroatoms. The monoisotopic (exact) mass is 677 g/mol. The van der Waals surface area contributed by atoms with Crippen LogP contribution in [0.3, 0.4) is 0 Å². The van der Waals surface area contributed by atoms with Crippen molar-refractivity contribution in [3.63, 3.8) is 0 Å². The predicted molar refractivity (Wildman–Crippen MR) is 200 cm³/mol. The number of nitro benzene ring substituents is 1. The van der Waals surface area contributed by atoms with Gasteiger partial charge in [-0.3, -0.25) is 15.0 Å². The largest absolute Gasteiger partial charge is 0.399 e. The maximum Gasteiger partial charge on any atom is 0.276 e. The zero-order valence-corrected chi connectivity index (χ0v) is 29.9. The van der Waals surface area contributed by atoms with Gasteiger partial charge < -0.3 is 17.2 Å². The van der Waals surface area contributed by atoms with Crippen molar-refractivity contribution < 1.29 is 4.92 Å². The van der Waals surface area contributed by atoms with E-state index in [9.17, 15) is 10.1 Å². The van der Waals surface area contributed by atoms with Gasteiger partial charge in [-0.1, -0.05) is 25.7 Å². The molecule has 0 bridgehead atoms. The van der Waals surface area contributed by atoms with Crippen molar-refractivity contribution in [1.82, 2.24) is 4.90 Å². The first-order valence-electron chi connectivity index (χ1n) is 21.1. The average molecular weight is 678 g/mol. The van der Waals surface area contributed by atoms with Crippen molar-refractivity contribution >= 4 is 33.5 Å². The van der Waals surface area contributed by atoms with Gasteiger partial charge in [0.1, 0.15) is 0 Å². The fourth-order valence-corrected chi connectivity index (χ4v) is 17.5. The molecular formula is C43H59N5O2. The highest BCUT2D eigenvalue weighted by Gasteiger charge is 2.66. The van der Waals surface area contributed by atoms with Crippen LogP contribution in [0.2, 0.25) is 0 Å². The van der Waals surface area contributed by atoms with Crippen molar-refractivity contribution in [3.8, 4) is 0 Å². The highest BCUT2D eigenvalue weighted by molar-refractivity contribution is 6.06. The molecule has 1 saturated heterocycles. The van der Waals surface area contributed by atoms with Crippen molar-refractivity contribution in [2.24, 2.45) is 94.7 Å². The Morgan fingerprint density at radius 2 is 1.06 bits per heavy atom. The third-order valence-corrected chi connectivity index (χ3v) is 18.3. The van der Waals surface area contributed by atoms with E-state index in [1.54, 1.807) is 57.4 Å². The molecule has 0 spiro atoms. The van der Waals surface area contributed by atoms with Crippen LogP contribution in [0.1, 0.15) is 95.5 Å². The van der Waals surface area contributed by atoms with Crippen molar-refractivity contribution in [3.05, 3.63) is 33.9 Å². The number of nitro groups is 1. The van der Waals surface area contributed by atoms with Crippen molar-refractivity contribution in [2.45, 2.75) is 96.4 Å². The maximum atomic E-state index is 12.4. The minimum atomic E-state index is -0.261. The molecule has 11 rings (SSSR count). The minimum Gasteiger partial charge on any atom is -0.399 e. The van der Waals surface area contributed by atoms with Gasteiger partial charge in [0.25, 0.3) is 5.69 Å². The third kappa shape index (κ3) is 4.25. The molecule has 10 atom stereocenters. The normalized spacial score (nSPS) is 47.1. The van der Waals surface area contributed by atoms with E-state index >= 15 is 0 Å². The average Bonchev–Trinajstić information content (AvgIpc) is 3.11. The lowest BCUT2D eigenvalue weighted by molar-refractivity contribution is -0.385. The second kappa shape index (κ2) is 11.2. The zero-order chi connectivity index (χ0) is 33.6. The molecule has 1 heterocycles. The molecule has 8 aliphatic carbocycles. The van der Waals surface area contributed by atoms with Crippen molar-refractivity contribution in [2.75, 3.05) is 30.3 Å². The summed E-state index contributed by atoms with van der Waals surface area (Å²) in [5.41, 5.74) is 21.2. The first kappa shape index (κ1) is 31.0. The van der Waals surface area contributed by atoms with E-state index in [4.69, 9.17) is 17.2 Å². The van der Waals surface area contributed by atoms with Crippen LogP contribution in [0, 0.1) is 105 Å². The summed E-state index contributed by atoms with van der Waals surface area (Å²) in [6.07, 6.45) is 21.1.